The molecule has 37 heavy (non-hydrogen) atoms. The van der Waals surface area contributed by atoms with Gasteiger partial charge in [0.25, 0.3) is 11.8 Å². The maximum atomic E-state index is 13.1. The largest absolute Gasteiger partial charge is 0.493 e. The van der Waals surface area contributed by atoms with Crippen molar-refractivity contribution in [2.45, 2.75) is 55.6 Å². The van der Waals surface area contributed by atoms with Crippen LogP contribution in [0.25, 0.3) is 6.08 Å². The predicted molar refractivity (Wildman–Crippen MR) is 154 cm³/mol. The first-order valence-corrected chi connectivity index (χ1v) is 14.9. The predicted octanol–water partition coefficient (Wildman–Crippen LogP) is 6.39. The first-order chi connectivity index (χ1) is 18.0. The first kappa shape index (κ1) is 27.5. The summed E-state index contributed by atoms with van der Waals surface area (Å²) >= 11 is 3.47. The molecule has 0 unspecified atom stereocenters. The van der Waals surface area contributed by atoms with Crippen LogP contribution in [0.2, 0.25) is 0 Å². The summed E-state index contributed by atoms with van der Waals surface area (Å²) < 4.78 is 11.0. The summed E-state index contributed by atoms with van der Waals surface area (Å²) in [6, 6.07) is 11.2. The molecule has 0 atom stereocenters. The highest BCUT2D eigenvalue weighted by Gasteiger charge is 2.27. The Balaban J connectivity index is 1.37. The number of anilines is 1. The van der Waals surface area contributed by atoms with E-state index in [9.17, 15) is 9.59 Å². The third kappa shape index (κ3) is 7.05. The number of hydrogen-bond donors (Lipinski definition) is 1. The molecule has 1 aliphatic carbocycles. The molecular formula is C29H36N2O4S2. The zero-order valence-electron chi connectivity index (χ0n) is 21.9. The normalized spacial score (nSPS) is 17.0. The van der Waals surface area contributed by atoms with Crippen molar-refractivity contribution >= 4 is 47.1 Å². The summed E-state index contributed by atoms with van der Waals surface area (Å²) in [5.74, 6) is 2.17. The molecule has 0 aromatic heterocycles. The van der Waals surface area contributed by atoms with E-state index in [4.69, 9.17) is 9.47 Å². The van der Waals surface area contributed by atoms with Gasteiger partial charge < -0.3 is 19.7 Å². The van der Waals surface area contributed by atoms with Crippen LogP contribution in [-0.4, -0.2) is 50.1 Å². The van der Waals surface area contributed by atoms with Crippen molar-refractivity contribution in [3.63, 3.8) is 0 Å². The highest BCUT2D eigenvalue weighted by atomic mass is 32.2. The van der Waals surface area contributed by atoms with E-state index in [0.717, 1.165) is 33.6 Å². The lowest BCUT2D eigenvalue weighted by Crippen LogP contribution is -2.31. The molecular weight excluding hydrogens is 504 g/mol. The quantitative estimate of drug-likeness (QED) is 0.278. The van der Waals surface area contributed by atoms with Gasteiger partial charge >= 0.3 is 0 Å². The lowest BCUT2D eigenvalue weighted by atomic mass is 10.0. The number of fused-ring (bicyclic) bond motifs is 1. The van der Waals surface area contributed by atoms with E-state index in [2.05, 4.69) is 17.1 Å². The van der Waals surface area contributed by atoms with Crippen LogP contribution in [0.1, 0.15) is 61.4 Å². The fourth-order valence-electron chi connectivity index (χ4n) is 4.59. The molecule has 0 saturated heterocycles. The zero-order chi connectivity index (χ0) is 26.2. The van der Waals surface area contributed by atoms with Crippen molar-refractivity contribution in [1.29, 1.82) is 0 Å². The number of carbonyl (C=O) groups excluding carboxylic acids is 2. The molecule has 0 spiro atoms. The Morgan fingerprint density at radius 2 is 1.97 bits per heavy atom. The molecule has 2 aromatic rings. The topological polar surface area (TPSA) is 67.9 Å². The molecule has 2 amide bonds. The lowest BCUT2D eigenvalue weighted by Gasteiger charge is -2.27. The molecule has 8 heteroatoms. The Bertz CT molecular complexity index is 1140. The fraction of sp³-hybridized carbons (Fsp3) is 0.448. The highest BCUT2D eigenvalue weighted by Crippen LogP contribution is 2.42. The SMILES string of the molecule is CCOc1ccc(C=C2Sc3ccc(C(=O)NCCCSC4CCCCC4)cc3N(C)C2=O)cc1OC. The summed E-state index contributed by atoms with van der Waals surface area (Å²) in [6.45, 7) is 3.14. The van der Waals surface area contributed by atoms with Gasteiger partial charge in [-0.05, 0) is 73.9 Å². The second kappa shape index (κ2) is 13.3. The van der Waals surface area contributed by atoms with Gasteiger partial charge in [0.2, 0.25) is 0 Å². The van der Waals surface area contributed by atoms with E-state index in [1.54, 1.807) is 19.1 Å². The van der Waals surface area contributed by atoms with Gasteiger partial charge in [-0.2, -0.15) is 11.8 Å². The Kier molecular flexibility index (Phi) is 9.86. The number of thioether (sulfide) groups is 2. The van der Waals surface area contributed by atoms with Crippen LogP contribution in [0.15, 0.2) is 46.2 Å². The Hall–Kier alpha value is -2.58. The molecule has 1 aliphatic heterocycles. The molecule has 0 bridgehead atoms. The molecule has 1 saturated carbocycles. The van der Waals surface area contributed by atoms with E-state index in [-0.39, 0.29) is 11.8 Å². The Morgan fingerprint density at radius 1 is 1.16 bits per heavy atom. The van der Waals surface area contributed by atoms with E-state index in [1.165, 1.54) is 43.9 Å². The molecule has 6 nitrogen and oxygen atoms in total. The highest BCUT2D eigenvalue weighted by molar-refractivity contribution is 8.04. The second-order valence-corrected chi connectivity index (χ2v) is 11.7. The van der Waals surface area contributed by atoms with Crippen LogP contribution in [0, 0.1) is 0 Å². The van der Waals surface area contributed by atoms with Gasteiger partial charge in [-0.25, -0.2) is 0 Å². The van der Waals surface area contributed by atoms with Gasteiger partial charge in [0, 0.05) is 29.3 Å². The van der Waals surface area contributed by atoms with Crippen molar-refractivity contribution in [1.82, 2.24) is 5.32 Å². The van der Waals surface area contributed by atoms with Gasteiger partial charge in [-0.1, -0.05) is 37.1 Å². The molecule has 2 aromatic carbocycles. The summed E-state index contributed by atoms with van der Waals surface area (Å²) in [4.78, 5) is 29.1. The van der Waals surface area contributed by atoms with Crippen molar-refractivity contribution < 1.29 is 19.1 Å². The van der Waals surface area contributed by atoms with Gasteiger partial charge in [-0.3, -0.25) is 9.59 Å². The monoisotopic (exact) mass is 540 g/mol. The van der Waals surface area contributed by atoms with Crippen LogP contribution in [-0.2, 0) is 4.79 Å². The van der Waals surface area contributed by atoms with Crippen molar-refractivity contribution in [2.75, 3.05) is 38.0 Å². The van der Waals surface area contributed by atoms with Gasteiger partial charge in [-0.15, -0.1) is 0 Å². The van der Waals surface area contributed by atoms with E-state index in [1.807, 2.05) is 49.4 Å². The number of nitrogens with zero attached hydrogens (tertiary/aromatic N) is 1. The van der Waals surface area contributed by atoms with Crippen LogP contribution >= 0.6 is 23.5 Å². The van der Waals surface area contributed by atoms with Gasteiger partial charge in [0.1, 0.15) is 0 Å². The molecule has 1 heterocycles. The summed E-state index contributed by atoms with van der Waals surface area (Å²) in [7, 11) is 3.35. The Morgan fingerprint density at radius 3 is 2.73 bits per heavy atom. The number of amides is 2. The Labute approximate surface area is 228 Å². The van der Waals surface area contributed by atoms with Crippen molar-refractivity contribution in [2.24, 2.45) is 0 Å². The standard InChI is InChI=1S/C29H36N2O4S2/c1-4-35-24-13-11-20(17-25(24)34-3)18-27-29(33)31(2)23-19-21(12-14-26(23)37-27)28(32)30-15-8-16-36-22-9-6-5-7-10-22/h11-14,17-19,22H,4-10,15-16H2,1-3H3,(H,30,32). The van der Waals surface area contributed by atoms with E-state index >= 15 is 0 Å². The number of benzene rings is 2. The smallest absolute Gasteiger partial charge is 0.264 e. The summed E-state index contributed by atoms with van der Waals surface area (Å²) in [5.41, 5.74) is 2.17. The molecule has 1 N–H and O–H groups in total. The number of carbonyl (C=O) groups is 2. The fourth-order valence-corrected chi connectivity index (χ4v) is 7.00. The molecule has 2 aliphatic rings. The van der Waals surface area contributed by atoms with Crippen LogP contribution in [0.3, 0.4) is 0 Å². The van der Waals surface area contributed by atoms with Crippen LogP contribution in [0.4, 0.5) is 5.69 Å². The van der Waals surface area contributed by atoms with Gasteiger partial charge in [0.15, 0.2) is 11.5 Å². The average molecular weight is 541 g/mol. The summed E-state index contributed by atoms with van der Waals surface area (Å²) in [5, 5.41) is 3.84. The first-order valence-electron chi connectivity index (χ1n) is 13.0. The minimum Gasteiger partial charge on any atom is -0.493 e. The lowest BCUT2D eigenvalue weighted by molar-refractivity contribution is -0.114. The van der Waals surface area contributed by atoms with E-state index < -0.39 is 0 Å². The van der Waals surface area contributed by atoms with Gasteiger partial charge in [0.05, 0.1) is 24.3 Å². The van der Waals surface area contributed by atoms with E-state index in [0.29, 0.717) is 35.1 Å². The minimum absolute atomic E-state index is 0.0980. The number of likely N-dealkylation sites (N-methyl/N-ethyl adjacent to an activating group) is 1. The molecule has 1 fully saturated rings. The number of rotatable bonds is 10. The number of methoxy groups -OCH3 is 1. The molecule has 198 valence electrons. The third-order valence-corrected chi connectivity index (χ3v) is 9.16. The number of nitrogens with one attached hydrogen (secondary N) is 1. The maximum Gasteiger partial charge on any atom is 0.264 e. The minimum atomic E-state index is -0.109. The van der Waals surface area contributed by atoms with Crippen LogP contribution in [0.5, 0.6) is 11.5 Å². The second-order valence-electron chi connectivity index (χ2n) is 9.24. The average Bonchev–Trinajstić information content (AvgIpc) is 2.92. The number of ether oxygens (including phenoxy) is 2. The molecule has 4 rings (SSSR count). The zero-order valence-corrected chi connectivity index (χ0v) is 23.5. The van der Waals surface area contributed by atoms with Crippen molar-refractivity contribution in [3.05, 3.63) is 52.4 Å². The summed E-state index contributed by atoms with van der Waals surface area (Å²) in [6.07, 6.45) is 9.59. The molecule has 0 radical (unpaired) electrons. The van der Waals surface area contributed by atoms with Crippen molar-refractivity contribution in [3.8, 4) is 11.5 Å². The number of hydrogen-bond acceptors (Lipinski definition) is 6. The third-order valence-electron chi connectivity index (χ3n) is 6.62. The van der Waals surface area contributed by atoms with Crippen LogP contribution < -0.4 is 19.7 Å². The maximum absolute atomic E-state index is 13.1.